The van der Waals surface area contributed by atoms with E-state index in [4.69, 9.17) is 4.74 Å². The Balaban J connectivity index is 2.39. The lowest BCUT2D eigenvalue weighted by atomic mass is 10.2. The normalized spacial score (nSPS) is 12.8. The van der Waals surface area contributed by atoms with Crippen LogP contribution in [0.1, 0.15) is 20.8 Å². The molecule has 1 rings (SSSR count). The summed E-state index contributed by atoms with van der Waals surface area (Å²) in [7, 11) is 0. The molecule has 0 aliphatic carbocycles. The van der Waals surface area contributed by atoms with Crippen LogP contribution < -0.4 is 10.1 Å². The monoisotopic (exact) mass is 303 g/mol. The highest BCUT2D eigenvalue weighted by Gasteiger charge is 2.06. The van der Waals surface area contributed by atoms with Crippen molar-refractivity contribution in [1.29, 1.82) is 0 Å². The van der Waals surface area contributed by atoms with Crippen LogP contribution in [-0.2, 0) is 0 Å². The fourth-order valence-electron chi connectivity index (χ4n) is 1.40. The lowest BCUT2D eigenvalue weighted by Crippen LogP contribution is -2.31. The lowest BCUT2D eigenvalue weighted by molar-refractivity contribution is 0.214. The van der Waals surface area contributed by atoms with Gasteiger partial charge in [0.15, 0.2) is 0 Å². The zero-order valence-corrected chi connectivity index (χ0v) is 12.1. The molecule has 0 heterocycles. The van der Waals surface area contributed by atoms with E-state index in [1.54, 1.807) is 12.1 Å². The zero-order valence-electron chi connectivity index (χ0n) is 10.5. The van der Waals surface area contributed by atoms with Gasteiger partial charge in [-0.3, -0.25) is 0 Å². The van der Waals surface area contributed by atoms with Gasteiger partial charge < -0.3 is 10.1 Å². The number of hydrogen-bond acceptors (Lipinski definition) is 2. The summed E-state index contributed by atoms with van der Waals surface area (Å²) < 4.78 is 19.3. The molecule has 1 N–H and O–H groups in total. The van der Waals surface area contributed by atoms with Crippen LogP contribution in [0.4, 0.5) is 4.39 Å². The van der Waals surface area contributed by atoms with Crippen LogP contribution >= 0.6 is 15.9 Å². The highest BCUT2D eigenvalue weighted by Crippen LogP contribution is 2.21. The van der Waals surface area contributed by atoms with Crippen molar-refractivity contribution in [3.63, 3.8) is 0 Å². The van der Waals surface area contributed by atoms with E-state index in [1.165, 1.54) is 6.07 Å². The van der Waals surface area contributed by atoms with Crippen molar-refractivity contribution in [2.24, 2.45) is 5.92 Å². The van der Waals surface area contributed by atoms with Crippen LogP contribution in [0.25, 0.3) is 0 Å². The highest BCUT2D eigenvalue weighted by molar-refractivity contribution is 9.10. The van der Waals surface area contributed by atoms with Crippen molar-refractivity contribution < 1.29 is 9.13 Å². The number of halogens is 2. The maximum absolute atomic E-state index is 13.2. The van der Waals surface area contributed by atoms with Gasteiger partial charge in [0.25, 0.3) is 0 Å². The van der Waals surface area contributed by atoms with Gasteiger partial charge in [-0.25, -0.2) is 4.39 Å². The van der Waals surface area contributed by atoms with Gasteiger partial charge in [0.2, 0.25) is 0 Å². The van der Waals surface area contributed by atoms with Crippen molar-refractivity contribution >= 4 is 15.9 Å². The van der Waals surface area contributed by atoms with E-state index in [1.807, 2.05) is 6.92 Å². The van der Waals surface area contributed by atoms with Crippen LogP contribution in [0.2, 0.25) is 0 Å². The van der Waals surface area contributed by atoms with E-state index >= 15 is 0 Å². The minimum Gasteiger partial charge on any atom is -0.489 e. The van der Waals surface area contributed by atoms with Gasteiger partial charge in [-0.2, -0.15) is 0 Å². The molecule has 1 aromatic rings. The van der Waals surface area contributed by atoms with Crippen LogP contribution in [0.3, 0.4) is 0 Å². The Morgan fingerprint density at radius 3 is 2.59 bits per heavy atom. The van der Waals surface area contributed by atoms with Crippen LogP contribution in [-0.4, -0.2) is 19.2 Å². The topological polar surface area (TPSA) is 21.3 Å². The van der Waals surface area contributed by atoms with Crippen LogP contribution in [0.5, 0.6) is 5.75 Å². The van der Waals surface area contributed by atoms with Crippen molar-refractivity contribution in [3.05, 3.63) is 28.5 Å². The molecule has 1 unspecified atom stereocenters. The quantitative estimate of drug-likeness (QED) is 0.867. The molecule has 1 atom stereocenters. The first-order chi connectivity index (χ1) is 7.99. The summed E-state index contributed by atoms with van der Waals surface area (Å²) in [6, 6.07) is 4.80. The summed E-state index contributed by atoms with van der Waals surface area (Å²) in [5.41, 5.74) is 0. The van der Waals surface area contributed by atoms with Gasteiger partial charge in [0, 0.05) is 12.6 Å². The summed E-state index contributed by atoms with van der Waals surface area (Å²) >= 11 is 3.11. The molecule has 0 aromatic heterocycles. The van der Waals surface area contributed by atoms with E-state index in [2.05, 4.69) is 35.1 Å². The summed E-state index contributed by atoms with van der Waals surface area (Å²) in [5.74, 6) is 0.877. The van der Waals surface area contributed by atoms with E-state index in [0.717, 1.165) is 13.1 Å². The predicted molar refractivity (Wildman–Crippen MR) is 71.9 cm³/mol. The summed E-state index contributed by atoms with van der Waals surface area (Å²) in [5, 5.41) is 3.30. The Morgan fingerprint density at radius 2 is 2.00 bits per heavy atom. The molecule has 0 bridgehead atoms. The molecule has 2 nitrogen and oxygen atoms in total. The standard InChI is InChI=1S/C13H19BrFNO/c1-9(2)7-16-8-10(3)17-11-4-5-12(14)13(15)6-11/h4-6,9-10,16H,7-8H2,1-3H3. The van der Waals surface area contributed by atoms with Crippen LogP contribution in [0.15, 0.2) is 22.7 Å². The number of hydrogen-bond donors (Lipinski definition) is 1. The van der Waals surface area contributed by atoms with E-state index < -0.39 is 0 Å². The Kier molecular flexibility index (Phi) is 5.92. The molecule has 0 radical (unpaired) electrons. The molecule has 0 spiro atoms. The third-order valence-electron chi connectivity index (χ3n) is 2.21. The van der Waals surface area contributed by atoms with Crippen molar-refractivity contribution in [1.82, 2.24) is 5.32 Å². The van der Waals surface area contributed by atoms with Crippen LogP contribution in [0, 0.1) is 11.7 Å². The Labute approximate surface area is 111 Å². The molecular formula is C13H19BrFNO. The molecule has 0 aliphatic heterocycles. The van der Waals surface area contributed by atoms with E-state index in [9.17, 15) is 4.39 Å². The first-order valence-corrected chi connectivity index (χ1v) is 6.60. The molecular weight excluding hydrogens is 285 g/mol. The van der Waals surface area contributed by atoms with Crippen molar-refractivity contribution in [2.45, 2.75) is 26.9 Å². The molecule has 1 aromatic carbocycles. The summed E-state index contributed by atoms with van der Waals surface area (Å²) in [6.45, 7) is 8.00. The number of ether oxygens (including phenoxy) is 1. The van der Waals surface area contributed by atoms with Crippen molar-refractivity contribution in [2.75, 3.05) is 13.1 Å². The largest absolute Gasteiger partial charge is 0.489 e. The SMILES string of the molecule is CC(C)CNCC(C)Oc1ccc(Br)c(F)c1. The third-order valence-corrected chi connectivity index (χ3v) is 2.86. The fraction of sp³-hybridized carbons (Fsp3) is 0.538. The van der Waals surface area contributed by atoms with Gasteiger partial charge in [-0.1, -0.05) is 13.8 Å². The smallest absolute Gasteiger partial charge is 0.141 e. The molecule has 0 aliphatic rings. The van der Waals surface area contributed by atoms with Gasteiger partial charge in [-0.05, 0) is 47.4 Å². The average molecular weight is 304 g/mol. The summed E-state index contributed by atoms with van der Waals surface area (Å²) in [6.07, 6.45) is 0.0225. The average Bonchev–Trinajstić information content (AvgIpc) is 2.23. The second kappa shape index (κ2) is 6.97. The zero-order chi connectivity index (χ0) is 12.8. The fourth-order valence-corrected chi connectivity index (χ4v) is 1.65. The minimum atomic E-state index is -0.301. The summed E-state index contributed by atoms with van der Waals surface area (Å²) in [4.78, 5) is 0. The second-order valence-corrected chi connectivity index (χ2v) is 5.41. The Hall–Kier alpha value is -0.610. The molecule has 4 heteroatoms. The number of benzene rings is 1. The van der Waals surface area contributed by atoms with Crippen molar-refractivity contribution in [3.8, 4) is 5.75 Å². The molecule has 96 valence electrons. The maximum Gasteiger partial charge on any atom is 0.141 e. The molecule has 17 heavy (non-hydrogen) atoms. The predicted octanol–water partition coefficient (Wildman–Crippen LogP) is 3.60. The van der Waals surface area contributed by atoms with Gasteiger partial charge in [-0.15, -0.1) is 0 Å². The lowest BCUT2D eigenvalue weighted by Gasteiger charge is -2.16. The first-order valence-electron chi connectivity index (χ1n) is 5.81. The third kappa shape index (κ3) is 5.50. The van der Waals surface area contributed by atoms with Gasteiger partial charge in [0.1, 0.15) is 17.7 Å². The van der Waals surface area contributed by atoms with Gasteiger partial charge in [0.05, 0.1) is 4.47 Å². The highest BCUT2D eigenvalue weighted by atomic mass is 79.9. The Morgan fingerprint density at radius 1 is 1.29 bits per heavy atom. The van der Waals surface area contributed by atoms with E-state index in [0.29, 0.717) is 16.1 Å². The molecule has 0 saturated carbocycles. The molecule has 0 fully saturated rings. The van der Waals surface area contributed by atoms with E-state index in [-0.39, 0.29) is 11.9 Å². The maximum atomic E-state index is 13.2. The number of nitrogens with one attached hydrogen (secondary N) is 1. The number of rotatable bonds is 6. The molecule has 0 amide bonds. The second-order valence-electron chi connectivity index (χ2n) is 4.56. The first kappa shape index (κ1) is 14.5. The molecule has 0 saturated heterocycles. The van der Waals surface area contributed by atoms with Gasteiger partial charge >= 0.3 is 0 Å². The Bertz CT molecular complexity index is 357. The minimum absolute atomic E-state index is 0.0225.